The minimum Gasteiger partial charge on any atom is -0.409 e. The van der Waals surface area contributed by atoms with Crippen LogP contribution in [0.15, 0.2) is 23.4 Å². The van der Waals surface area contributed by atoms with Gasteiger partial charge in [-0.15, -0.1) is 0 Å². The zero-order chi connectivity index (χ0) is 14.8. The summed E-state index contributed by atoms with van der Waals surface area (Å²) in [7, 11) is 0. The summed E-state index contributed by atoms with van der Waals surface area (Å²) < 4.78 is 0. The van der Waals surface area contributed by atoms with E-state index in [1.807, 2.05) is 18.2 Å². The molecule has 21 heavy (non-hydrogen) atoms. The molecule has 1 saturated carbocycles. The van der Waals surface area contributed by atoms with E-state index in [4.69, 9.17) is 22.5 Å². The third-order valence-corrected chi connectivity index (χ3v) is 4.60. The van der Waals surface area contributed by atoms with Gasteiger partial charge >= 0.3 is 0 Å². The fraction of sp³-hybridized carbons (Fsp3) is 0.533. The third kappa shape index (κ3) is 3.41. The Morgan fingerprint density at radius 3 is 2.57 bits per heavy atom. The highest BCUT2D eigenvalue weighted by Crippen LogP contribution is 2.30. The number of halogens is 1. The van der Waals surface area contributed by atoms with Crippen LogP contribution in [0, 0.1) is 5.92 Å². The highest BCUT2D eigenvalue weighted by atomic mass is 35.5. The maximum Gasteiger partial charge on any atom is 0.171 e. The maximum atomic E-state index is 8.73. The predicted octanol–water partition coefficient (Wildman–Crippen LogP) is 1.97. The molecule has 0 aromatic heterocycles. The van der Waals surface area contributed by atoms with Crippen molar-refractivity contribution in [2.75, 3.05) is 37.6 Å². The Hall–Kier alpha value is -1.46. The number of amidine groups is 1. The van der Waals surface area contributed by atoms with Crippen LogP contribution in [0.1, 0.15) is 18.4 Å². The first kappa shape index (κ1) is 14.5. The smallest absolute Gasteiger partial charge is 0.171 e. The minimum atomic E-state index is 0.0424. The van der Waals surface area contributed by atoms with Crippen molar-refractivity contribution in [3.63, 3.8) is 0 Å². The second-order valence-electron chi connectivity index (χ2n) is 5.88. The van der Waals surface area contributed by atoms with Gasteiger partial charge in [-0.3, -0.25) is 4.90 Å². The van der Waals surface area contributed by atoms with Gasteiger partial charge in [0.25, 0.3) is 0 Å². The van der Waals surface area contributed by atoms with Gasteiger partial charge in [0.15, 0.2) is 5.84 Å². The molecular weight excluding hydrogens is 288 g/mol. The fourth-order valence-electron chi connectivity index (χ4n) is 2.82. The van der Waals surface area contributed by atoms with E-state index in [9.17, 15) is 0 Å². The van der Waals surface area contributed by atoms with Gasteiger partial charge in [0.05, 0.1) is 5.02 Å². The van der Waals surface area contributed by atoms with Gasteiger partial charge in [-0.1, -0.05) is 16.8 Å². The van der Waals surface area contributed by atoms with Gasteiger partial charge in [0, 0.05) is 44.0 Å². The van der Waals surface area contributed by atoms with Crippen molar-refractivity contribution in [2.24, 2.45) is 16.8 Å². The summed E-state index contributed by atoms with van der Waals surface area (Å²) in [4.78, 5) is 4.89. The summed E-state index contributed by atoms with van der Waals surface area (Å²) in [5.74, 6) is 0.992. The Balaban J connectivity index is 1.63. The molecule has 114 valence electrons. The quantitative estimate of drug-likeness (QED) is 0.386. The Kier molecular flexibility index (Phi) is 4.22. The van der Waals surface area contributed by atoms with Crippen LogP contribution in [0.2, 0.25) is 5.02 Å². The number of rotatable bonds is 4. The fourth-order valence-corrected chi connectivity index (χ4v) is 3.09. The van der Waals surface area contributed by atoms with Crippen molar-refractivity contribution in [2.45, 2.75) is 12.8 Å². The van der Waals surface area contributed by atoms with E-state index >= 15 is 0 Å². The Bertz CT molecular complexity index is 536. The second kappa shape index (κ2) is 6.12. The van der Waals surface area contributed by atoms with Crippen LogP contribution in [0.4, 0.5) is 5.69 Å². The number of nitrogens with zero attached hydrogens (tertiary/aromatic N) is 3. The zero-order valence-electron chi connectivity index (χ0n) is 12.0. The number of hydrogen-bond acceptors (Lipinski definition) is 4. The molecule has 0 spiro atoms. The van der Waals surface area contributed by atoms with Crippen LogP contribution in [0.25, 0.3) is 0 Å². The van der Waals surface area contributed by atoms with E-state index in [-0.39, 0.29) is 5.84 Å². The molecule has 0 amide bonds. The number of anilines is 1. The number of nitrogens with two attached hydrogens (primary N) is 1. The number of oxime groups is 1. The normalized spacial score (nSPS) is 20.8. The summed E-state index contributed by atoms with van der Waals surface area (Å²) in [5.41, 5.74) is 7.25. The molecule has 0 unspecified atom stereocenters. The van der Waals surface area contributed by atoms with Crippen molar-refractivity contribution in [3.05, 3.63) is 28.8 Å². The Labute approximate surface area is 130 Å². The van der Waals surface area contributed by atoms with Crippen molar-refractivity contribution >= 4 is 23.1 Å². The van der Waals surface area contributed by atoms with Gasteiger partial charge in [0.2, 0.25) is 0 Å². The van der Waals surface area contributed by atoms with E-state index in [0.29, 0.717) is 10.6 Å². The van der Waals surface area contributed by atoms with Crippen molar-refractivity contribution < 1.29 is 5.21 Å². The summed E-state index contributed by atoms with van der Waals surface area (Å²) >= 11 is 6.22. The molecule has 1 aromatic rings. The molecule has 6 heteroatoms. The van der Waals surface area contributed by atoms with Crippen molar-refractivity contribution in [1.29, 1.82) is 0 Å². The Morgan fingerprint density at radius 2 is 2.00 bits per heavy atom. The van der Waals surface area contributed by atoms with Crippen LogP contribution in [0.3, 0.4) is 0 Å². The lowest BCUT2D eigenvalue weighted by molar-refractivity contribution is 0.248. The first-order valence-electron chi connectivity index (χ1n) is 7.42. The van der Waals surface area contributed by atoms with Gasteiger partial charge in [-0.2, -0.15) is 0 Å². The molecule has 1 aliphatic heterocycles. The van der Waals surface area contributed by atoms with E-state index in [1.165, 1.54) is 19.4 Å². The standard InChI is InChI=1S/C15H21ClN4O/c16-14-9-12(3-4-13(14)15(17)18-21)20-7-5-19(6-8-20)10-11-1-2-11/h3-4,9,11,21H,1-2,5-8,10H2,(H2,17,18). The van der Waals surface area contributed by atoms with E-state index in [0.717, 1.165) is 37.8 Å². The van der Waals surface area contributed by atoms with E-state index in [1.54, 1.807) is 0 Å². The van der Waals surface area contributed by atoms with Gasteiger partial charge < -0.3 is 15.8 Å². The van der Waals surface area contributed by atoms with Crippen LogP contribution < -0.4 is 10.6 Å². The average Bonchev–Trinajstić information content (AvgIpc) is 3.31. The first-order chi connectivity index (χ1) is 10.2. The Morgan fingerprint density at radius 1 is 1.29 bits per heavy atom. The molecule has 3 N–H and O–H groups in total. The molecule has 0 radical (unpaired) electrons. The van der Waals surface area contributed by atoms with Gasteiger partial charge in [-0.05, 0) is 37.0 Å². The SMILES string of the molecule is NC(=NO)c1ccc(N2CCN(CC3CC3)CC2)cc1Cl. The molecule has 1 saturated heterocycles. The maximum absolute atomic E-state index is 8.73. The van der Waals surface area contributed by atoms with Crippen LogP contribution in [-0.4, -0.2) is 48.7 Å². The summed E-state index contributed by atoms with van der Waals surface area (Å²) in [6.45, 7) is 5.52. The zero-order valence-corrected chi connectivity index (χ0v) is 12.8. The van der Waals surface area contributed by atoms with Crippen LogP contribution in [0.5, 0.6) is 0 Å². The summed E-state index contributed by atoms with van der Waals surface area (Å²) in [6.07, 6.45) is 2.82. The van der Waals surface area contributed by atoms with Crippen LogP contribution in [-0.2, 0) is 0 Å². The molecule has 2 aliphatic rings. The molecule has 1 heterocycles. The molecule has 2 fully saturated rings. The number of piperazine rings is 1. The third-order valence-electron chi connectivity index (χ3n) is 4.29. The molecular formula is C15H21ClN4O. The van der Waals surface area contributed by atoms with Crippen LogP contribution >= 0.6 is 11.6 Å². The highest BCUT2D eigenvalue weighted by Gasteiger charge is 2.26. The largest absolute Gasteiger partial charge is 0.409 e. The van der Waals surface area contributed by atoms with E-state index in [2.05, 4.69) is 15.0 Å². The molecule has 1 aliphatic carbocycles. The van der Waals surface area contributed by atoms with Gasteiger partial charge in [0.1, 0.15) is 0 Å². The average molecular weight is 309 g/mol. The summed E-state index contributed by atoms with van der Waals surface area (Å²) in [5, 5.41) is 12.2. The minimum absolute atomic E-state index is 0.0424. The monoisotopic (exact) mass is 308 g/mol. The van der Waals surface area contributed by atoms with Crippen molar-refractivity contribution in [3.8, 4) is 0 Å². The lowest BCUT2D eigenvalue weighted by Crippen LogP contribution is -2.47. The molecule has 5 nitrogen and oxygen atoms in total. The van der Waals surface area contributed by atoms with Gasteiger partial charge in [-0.25, -0.2) is 0 Å². The number of benzene rings is 1. The molecule has 1 aromatic carbocycles. The molecule has 0 bridgehead atoms. The topological polar surface area (TPSA) is 65.1 Å². The first-order valence-corrected chi connectivity index (χ1v) is 7.80. The summed E-state index contributed by atoms with van der Waals surface area (Å²) in [6, 6.07) is 5.69. The van der Waals surface area contributed by atoms with Crippen molar-refractivity contribution in [1.82, 2.24) is 4.90 Å². The lowest BCUT2D eigenvalue weighted by Gasteiger charge is -2.36. The predicted molar refractivity (Wildman–Crippen MR) is 85.3 cm³/mol. The number of hydrogen-bond donors (Lipinski definition) is 2. The highest BCUT2D eigenvalue weighted by molar-refractivity contribution is 6.34. The molecule has 3 rings (SSSR count). The van der Waals surface area contributed by atoms with E-state index < -0.39 is 0 Å². The molecule has 0 atom stereocenters. The second-order valence-corrected chi connectivity index (χ2v) is 6.29. The lowest BCUT2D eigenvalue weighted by atomic mass is 10.1.